The molecular formula is C23H28N2O5S. The van der Waals surface area contributed by atoms with E-state index in [0.29, 0.717) is 25.9 Å². The third-order valence-corrected chi connectivity index (χ3v) is 7.29. The summed E-state index contributed by atoms with van der Waals surface area (Å²) in [5.74, 6) is -0.990. The number of rotatable bonds is 8. The number of nitrogens with zero attached hydrogens (tertiary/aromatic N) is 2. The molecule has 8 heteroatoms. The van der Waals surface area contributed by atoms with Crippen LogP contribution in [0, 0.1) is 0 Å². The van der Waals surface area contributed by atoms with Crippen LogP contribution in [0.2, 0.25) is 0 Å². The van der Waals surface area contributed by atoms with Gasteiger partial charge in [0.25, 0.3) is 5.91 Å². The fraction of sp³-hybridized carbons (Fsp3) is 0.391. The van der Waals surface area contributed by atoms with E-state index in [1.807, 2.05) is 37.3 Å². The monoisotopic (exact) mass is 444 g/mol. The zero-order valence-electron chi connectivity index (χ0n) is 17.6. The second kappa shape index (κ2) is 10.5. The molecule has 1 atom stereocenters. The van der Waals surface area contributed by atoms with E-state index in [1.165, 1.54) is 16.4 Å². The molecule has 1 amide bonds. The molecule has 1 saturated heterocycles. The van der Waals surface area contributed by atoms with Crippen molar-refractivity contribution < 1.29 is 22.7 Å². The number of hydrogen-bond donors (Lipinski definition) is 0. The summed E-state index contributed by atoms with van der Waals surface area (Å²) in [4.78, 5) is 27.1. The number of hydrogen-bond acceptors (Lipinski definition) is 5. The van der Waals surface area contributed by atoms with Gasteiger partial charge in [0.05, 0.1) is 4.90 Å². The predicted octanol–water partition coefficient (Wildman–Crippen LogP) is 2.82. The Hall–Kier alpha value is -2.71. The highest BCUT2D eigenvalue weighted by molar-refractivity contribution is 7.89. The van der Waals surface area contributed by atoms with Crippen molar-refractivity contribution in [2.75, 3.05) is 19.7 Å². The number of likely N-dealkylation sites (N-methyl/N-ethyl adjacent to an activating group) is 1. The van der Waals surface area contributed by atoms with Gasteiger partial charge in [-0.1, -0.05) is 48.5 Å². The number of benzene rings is 2. The van der Waals surface area contributed by atoms with Gasteiger partial charge < -0.3 is 9.64 Å². The molecule has 31 heavy (non-hydrogen) atoms. The average Bonchev–Trinajstić information content (AvgIpc) is 2.82. The van der Waals surface area contributed by atoms with Gasteiger partial charge >= 0.3 is 5.97 Å². The maximum Gasteiger partial charge on any atom is 0.324 e. The van der Waals surface area contributed by atoms with E-state index in [9.17, 15) is 18.0 Å². The largest absolute Gasteiger partial charge is 0.454 e. The lowest BCUT2D eigenvalue weighted by Crippen LogP contribution is -2.49. The van der Waals surface area contributed by atoms with Gasteiger partial charge in [0, 0.05) is 19.6 Å². The SMILES string of the molecule is CCN(Cc1ccccc1)C(=O)COC(=O)C1CCCCN1S(=O)(=O)c1ccccc1. The van der Waals surface area contributed by atoms with Crippen LogP contribution in [0.1, 0.15) is 31.7 Å². The maximum atomic E-state index is 13.0. The first-order valence-electron chi connectivity index (χ1n) is 10.5. The lowest BCUT2D eigenvalue weighted by atomic mass is 10.1. The highest BCUT2D eigenvalue weighted by Gasteiger charge is 2.38. The first-order chi connectivity index (χ1) is 14.9. The molecule has 1 fully saturated rings. The number of carbonyl (C=O) groups excluding carboxylic acids is 2. The molecule has 0 radical (unpaired) electrons. The lowest BCUT2D eigenvalue weighted by Gasteiger charge is -2.33. The van der Waals surface area contributed by atoms with Gasteiger partial charge in [-0.15, -0.1) is 0 Å². The molecule has 1 aliphatic heterocycles. The van der Waals surface area contributed by atoms with E-state index in [4.69, 9.17) is 4.74 Å². The van der Waals surface area contributed by atoms with Crippen molar-refractivity contribution in [3.63, 3.8) is 0 Å². The second-order valence-electron chi connectivity index (χ2n) is 7.44. The van der Waals surface area contributed by atoms with E-state index in [-0.39, 0.29) is 17.3 Å². The third kappa shape index (κ3) is 5.71. The van der Waals surface area contributed by atoms with Crippen molar-refractivity contribution >= 4 is 21.9 Å². The van der Waals surface area contributed by atoms with E-state index >= 15 is 0 Å². The summed E-state index contributed by atoms with van der Waals surface area (Å²) in [5.41, 5.74) is 0.983. The number of esters is 1. The highest BCUT2D eigenvalue weighted by atomic mass is 32.2. The highest BCUT2D eigenvalue weighted by Crippen LogP contribution is 2.26. The molecule has 7 nitrogen and oxygen atoms in total. The van der Waals surface area contributed by atoms with Crippen LogP contribution in [0.3, 0.4) is 0 Å². The fourth-order valence-electron chi connectivity index (χ4n) is 3.66. The van der Waals surface area contributed by atoms with Gasteiger partial charge in [-0.3, -0.25) is 9.59 Å². The topological polar surface area (TPSA) is 84.0 Å². The van der Waals surface area contributed by atoms with Crippen LogP contribution in [0.4, 0.5) is 0 Å². The Morgan fingerprint density at radius 2 is 1.68 bits per heavy atom. The summed E-state index contributed by atoms with van der Waals surface area (Å²) in [6.07, 6.45) is 1.78. The minimum Gasteiger partial charge on any atom is -0.454 e. The first-order valence-corrected chi connectivity index (χ1v) is 11.9. The number of carbonyl (C=O) groups is 2. The molecular weight excluding hydrogens is 416 g/mol. The number of sulfonamides is 1. The molecule has 0 bridgehead atoms. The Kier molecular flexibility index (Phi) is 7.81. The molecule has 166 valence electrons. The van der Waals surface area contributed by atoms with Gasteiger partial charge in [-0.05, 0) is 43.9 Å². The molecule has 0 N–H and O–H groups in total. The van der Waals surface area contributed by atoms with E-state index in [2.05, 4.69) is 0 Å². The Morgan fingerprint density at radius 3 is 2.32 bits per heavy atom. The third-order valence-electron chi connectivity index (χ3n) is 5.36. The van der Waals surface area contributed by atoms with Crippen molar-refractivity contribution in [1.29, 1.82) is 0 Å². The van der Waals surface area contributed by atoms with Gasteiger partial charge in [-0.25, -0.2) is 8.42 Å². The van der Waals surface area contributed by atoms with Crippen molar-refractivity contribution in [2.45, 2.75) is 43.7 Å². The molecule has 1 heterocycles. The zero-order chi connectivity index (χ0) is 22.3. The van der Waals surface area contributed by atoms with Gasteiger partial charge in [0.15, 0.2) is 6.61 Å². The summed E-state index contributed by atoms with van der Waals surface area (Å²) < 4.78 is 32.6. The smallest absolute Gasteiger partial charge is 0.324 e. The van der Waals surface area contributed by atoms with E-state index in [0.717, 1.165) is 12.0 Å². The Balaban J connectivity index is 1.64. The van der Waals surface area contributed by atoms with Crippen molar-refractivity contribution in [3.05, 3.63) is 66.2 Å². The Labute approximate surface area is 183 Å². The molecule has 0 spiro atoms. The van der Waals surface area contributed by atoms with Crippen LogP contribution in [-0.4, -0.2) is 55.2 Å². The van der Waals surface area contributed by atoms with E-state index in [1.54, 1.807) is 23.1 Å². The average molecular weight is 445 g/mol. The van der Waals surface area contributed by atoms with Crippen LogP contribution in [0.25, 0.3) is 0 Å². The normalized spacial score (nSPS) is 17.1. The van der Waals surface area contributed by atoms with Crippen LogP contribution >= 0.6 is 0 Å². The number of ether oxygens (including phenoxy) is 1. The molecule has 3 rings (SSSR count). The molecule has 1 unspecified atom stereocenters. The van der Waals surface area contributed by atoms with Crippen molar-refractivity contribution in [2.24, 2.45) is 0 Å². The number of piperidine rings is 1. The molecule has 2 aromatic carbocycles. The van der Waals surface area contributed by atoms with Gasteiger partial charge in [0.1, 0.15) is 6.04 Å². The standard InChI is InChI=1S/C23H28N2O5S/c1-2-24(17-19-11-5-3-6-12-19)22(26)18-30-23(27)21-15-9-10-16-25(21)31(28,29)20-13-7-4-8-14-20/h3-8,11-14,21H,2,9-10,15-18H2,1H3. The van der Waals surface area contributed by atoms with Crippen LogP contribution < -0.4 is 0 Å². The summed E-state index contributed by atoms with van der Waals surface area (Å²) in [5, 5.41) is 0. The minimum atomic E-state index is -3.82. The fourth-order valence-corrected chi connectivity index (χ4v) is 5.32. The molecule has 1 aliphatic rings. The van der Waals surface area contributed by atoms with Gasteiger partial charge in [0.2, 0.25) is 10.0 Å². The van der Waals surface area contributed by atoms with Crippen LogP contribution in [-0.2, 0) is 30.9 Å². The van der Waals surface area contributed by atoms with Crippen LogP contribution in [0.15, 0.2) is 65.6 Å². The first kappa shape index (κ1) is 23.0. The quantitative estimate of drug-likeness (QED) is 0.585. The molecule has 0 saturated carbocycles. The van der Waals surface area contributed by atoms with Gasteiger partial charge in [-0.2, -0.15) is 4.31 Å². The summed E-state index contributed by atoms with van der Waals surface area (Å²) in [7, 11) is -3.82. The maximum absolute atomic E-state index is 13.0. The van der Waals surface area contributed by atoms with E-state index < -0.39 is 28.6 Å². The minimum absolute atomic E-state index is 0.144. The zero-order valence-corrected chi connectivity index (χ0v) is 18.5. The van der Waals surface area contributed by atoms with Crippen molar-refractivity contribution in [3.8, 4) is 0 Å². The molecule has 2 aromatic rings. The van der Waals surface area contributed by atoms with Crippen LogP contribution in [0.5, 0.6) is 0 Å². The lowest BCUT2D eigenvalue weighted by molar-refractivity contribution is -0.156. The Bertz CT molecular complexity index is 980. The predicted molar refractivity (Wildman–Crippen MR) is 116 cm³/mol. The van der Waals surface area contributed by atoms with Crippen molar-refractivity contribution in [1.82, 2.24) is 9.21 Å². The number of amides is 1. The molecule has 0 aromatic heterocycles. The summed E-state index contributed by atoms with van der Waals surface area (Å²) in [6, 6.07) is 16.7. The second-order valence-corrected chi connectivity index (χ2v) is 9.33. The summed E-state index contributed by atoms with van der Waals surface area (Å²) >= 11 is 0. The summed E-state index contributed by atoms with van der Waals surface area (Å²) in [6.45, 7) is 2.60. The molecule has 0 aliphatic carbocycles. The Morgan fingerprint density at radius 1 is 1.03 bits per heavy atom.